The molecule has 3 saturated heterocycles. The molecule has 14 atom stereocenters. The maximum absolute atomic E-state index is 14.5. The van der Waals surface area contributed by atoms with Gasteiger partial charge in [-0.1, -0.05) is 132 Å². The number of phenolic OH excluding ortho intramolecular Hbond substituents is 1. The summed E-state index contributed by atoms with van der Waals surface area (Å²) < 4.78 is 83.8. The first kappa shape index (κ1) is 99.4. The fourth-order valence-corrected chi connectivity index (χ4v) is 19.2. The summed E-state index contributed by atoms with van der Waals surface area (Å²) in [4.78, 5) is 101. The van der Waals surface area contributed by atoms with E-state index in [1.165, 1.54) is 50.0 Å². The number of piperazine rings is 2. The van der Waals surface area contributed by atoms with Gasteiger partial charge >= 0.3 is 42.3 Å². The minimum atomic E-state index is -1.92. The zero-order valence-corrected chi connectivity index (χ0v) is 73.9. The Balaban J connectivity index is 0.000000269. The number of ether oxygens (including phenoxy) is 15. The average molecular weight is 1910 g/mol. The summed E-state index contributed by atoms with van der Waals surface area (Å²) in [6.07, 6.45) is 1.02. The van der Waals surface area contributed by atoms with Gasteiger partial charge in [-0.15, -0.1) is 11.8 Å². The number of methoxy groups -OCH3 is 2. The van der Waals surface area contributed by atoms with E-state index in [2.05, 4.69) is 61.7 Å². The van der Waals surface area contributed by atoms with Crippen molar-refractivity contribution in [1.29, 1.82) is 10.5 Å². The van der Waals surface area contributed by atoms with Crippen molar-refractivity contribution in [2.75, 3.05) is 92.2 Å². The third-order valence-corrected chi connectivity index (χ3v) is 23.7. The van der Waals surface area contributed by atoms with E-state index in [0.717, 1.165) is 22.3 Å². The number of thioether (sulfide) groups is 1. The van der Waals surface area contributed by atoms with E-state index in [1.807, 2.05) is 30.9 Å². The van der Waals surface area contributed by atoms with Crippen LogP contribution in [0.4, 0.5) is 19.2 Å². The van der Waals surface area contributed by atoms with Crippen molar-refractivity contribution < 1.29 is 228 Å². The van der Waals surface area contributed by atoms with Crippen LogP contribution in [0.15, 0.2) is 62.8 Å². The van der Waals surface area contributed by atoms with Crippen LogP contribution in [-0.4, -0.2) is 220 Å². The first-order valence-electron chi connectivity index (χ1n) is 36.7. The molecule has 43 heteroatoms. The van der Waals surface area contributed by atoms with Crippen molar-refractivity contribution in [2.24, 2.45) is 0 Å². The summed E-state index contributed by atoms with van der Waals surface area (Å²) in [5, 5.41) is 50.9. The summed E-state index contributed by atoms with van der Waals surface area (Å²) in [7, 11) is 2.99. The molecule has 0 radical (unpaired) electrons. The summed E-state index contributed by atoms with van der Waals surface area (Å²) >= 11 is 39.9. The SMILES string of the molecule is C=CCOC(=O)N1[C@@H]2c3c(cc(C)c(OC)c3OCC=C)C[C@H]1[C@H](C#N)N1[C@H]2[C@@H](O)c2c(O)c(C)c3c(c2[C@@H]1COC(=O)[C@@H](CS)NC(=O)OCC(Cl)(Cl)Cl)OCO3.C=CCOC(=O)N1[C@H]2Cc3cc(C)c(OC)c(OCC=C)c3[C@H]1[C@@H]1C3SC[C@H](NC(=O)OCC(Cl)(Cl)Cl)C(=O)OC[C@@H](c4c5c(c(C)c(OC(C)=O)c43)OCO5)N1[C@H]2C#N.[Ar].[Ar].[Ar]. The predicted molar refractivity (Wildman–Crippen MR) is 430 cm³/mol. The molecule has 0 aromatic heterocycles. The molecule has 9 aliphatic rings. The van der Waals surface area contributed by atoms with E-state index in [0.29, 0.717) is 56.6 Å². The summed E-state index contributed by atoms with van der Waals surface area (Å²) in [6.45, 7) is 20.6. The zero-order chi connectivity index (χ0) is 85.4. The van der Waals surface area contributed by atoms with Gasteiger partial charge < -0.3 is 91.9 Å². The maximum atomic E-state index is 14.5. The second-order valence-corrected chi connectivity index (χ2v) is 34.8. The first-order valence-corrected chi connectivity index (χ1v) is 40.6. The quantitative estimate of drug-likeness (QED) is 0.0129. The molecule has 3 fully saturated rings. The summed E-state index contributed by atoms with van der Waals surface area (Å²) in [5.74, 6) is -0.559. The number of rotatable bonds is 21. The molecule has 656 valence electrons. The van der Waals surface area contributed by atoms with E-state index in [4.69, 9.17) is 141 Å². The number of alkyl halides is 6. The van der Waals surface area contributed by atoms with Crippen molar-refractivity contribution in [3.05, 3.63) is 130 Å². The van der Waals surface area contributed by atoms with Crippen LogP contribution < -0.4 is 53.3 Å². The number of cyclic esters (lactones) is 1. The Hall–Kier alpha value is -5.39. The van der Waals surface area contributed by atoms with Crippen molar-refractivity contribution >= 4 is 136 Å². The number of benzene rings is 4. The molecule has 1 unspecified atom stereocenters. The van der Waals surface area contributed by atoms with Crippen molar-refractivity contribution in [3.8, 4) is 69.6 Å². The number of hydrogen-bond donors (Lipinski definition) is 5. The van der Waals surface area contributed by atoms with Crippen molar-refractivity contribution in [2.45, 2.75) is 139 Å². The number of nitrogens with zero attached hydrogens (tertiary/aromatic N) is 6. The van der Waals surface area contributed by atoms with Gasteiger partial charge in [0, 0.05) is 176 Å². The van der Waals surface area contributed by atoms with Gasteiger partial charge in [-0.2, -0.15) is 23.2 Å². The van der Waals surface area contributed by atoms with E-state index >= 15 is 0 Å². The second-order valence-electron chi connectivity index (χ2n) is 28.2. The Morgan fingerprint density at radius 3 is 1.62 bits per heavy atom. The Bertz CT molecular complexity index is 4830. The molecule has 9 aliphatic heterocycles. The van der Waals surface area contributed by atoms with Gasteiger partial charge in [0.05, 0.1) is 79.9 Å². The Labute approximate surface area is 825 Å². The number of alkyl carbamates (subject to hydrolysis) is 2. The van der Waals surface area contributed by atoms with Crippen LogP contribution in [0.25, 0.3) is 0 Å². The number of phenols is 1. The first-order chi connectivity index (χ1) is 56.3. The van der Waals surface area contributed by atoms with E-state index in [1.54, 1.807) is 35.8 Å². The standard InChI is InChI=1S/C40H41Cl3N4O12S.C38H41Cl3N4O12S.3Ar/c1-7-9-53-34-26-21(11-18(3)31(34)52-6)12-23-24(13-44)46-25-14-55-37(49)22(45-38(50)56-16-40(41,42)43)15-60-36(30(46)29(26)47(23)39(51)54-10-8-2)28-27(25)35-33(57-17-58-35)19(4)32(28)59-20(5)48;1-6-8-52-33-24-19(10-17(3)31(33)51-5)11-21-22(12-42)44-23(13-54-35(48)20(14-58)43-36(49)55-15-38(39,40)41)25-26(29(46)18(4)32-34(25)57-16-56-32)30(47)28(44)27(24)45(21)37(50)53-9-7-2;;;/h7-8,11,22-25,29-30,36H,1-2,9-10,12,14-17H2,3-6H3,(H,45,50);6-7,10,20-23,27-28,30,46-47,58H,1-2,8-9,11,13-16H2,3-5H3,(H,43,49);;;/t22-,23-,24-,25-,29-,30+,36?;20-,21+,22+,23+,27-,28-,30+;;;/m01.../s1. The Morgan fingerprint density at radius 2 is 1.13 bits per heavy atom. The van der Waals surface area contributed by atoms with Crippen LogP contribution in [0, 0.1) is 164 Å². The number of thiol groups is 1. The molecule has 9 heterocycles. The molecule has 13 rings (SSSR count). The third kappa shape index (κ3) is 19.7. The van der Waals surface area contributed by atoms with E-state index < -0.39 is 154 Å². The fraction of sp³-hybridized carbons (Fsp3) is 0.474. The van der Waals surface area contributed by atoms with Gasteiger partial charge in [0.25, 0.3) is 0 Å². The number of aromatic hydroxyl groups is 1. The van der Waals surface area contributed by atoms with E-state index in [9.17, 15) is 54.3 Å². The van der Waals surface area contributed by atoms with Crippen LogP contribution in [0.2, 0.25) is 0 Å². The van der Waals surface area contributed by atoms with Crippen LogP contribution in [0.1, 0.15) is 109 Å². The number of aliphatic hydroxyl groups excluding tert-OH is 1. The van der Waals surface area contributed by atoms with Gasteiger partial charge in [-0.25, -0.2) is 28.8 Å². The monoisotopic (exact) mass is 1910 g/mol. The molecule has 4 aromatic rings. The van der Waals surface area contributed by atoms with Crippen molar-refractivity contribution in [1.82, 2.24) is 30.2 Å². The van der Waals surface area contributed by atoms with Crippen LogP contribution in [-0.2, 0) is 55.6 Å². The molecule has 0 spiro atoms. The number of halogens is 6. The second kappa shape index (κ2) is 42.0. The number of aliphatic hydroxyl groups is 1. The maximum Gasteiger partial charge on any atom is 0.411 e. The largest absolute Gasteiger partial charge is 0.507 e. The van der Waals surface area contributed by atoms with Crippen LogP contribution in [0.5, 0.6) is 57.5 Å². The number of carbonyl (C=O) groups excluding carboxylic acids is 7. The molecular formula is C78H82Ar3Cl6N8O24S2. The number of hydrogen-bond acceptors (Lipinski definition) is 30. The zero-order valence-electron chi connectivity index (χ0n) is 65.5. The summed E-state index contributed by atoms with van der Waals surface area (Å²) in [5.41, 5.74) is 5.91. The number of fused-ring (bicyclic) bond motifs is 18. The smallest absolute Gasteiger partial charge is 0.411 e. The Kier molecular flexibility index (Phi) is 34.5. The Morgan fingerprint density at radius 1 is 0.645 bits per heavy atom. The van der Waals surface area contributed by atoms with Crippen molar-refractivity contribution in [3.63, 3.8) is 0 Å². The number of nitriles is 2. The normalized spacial score (nSPS) is 23.5. The number of amides is 4. The number of nitrogens with one attached hydrogen (secondary N) is 2. The molecular weight excluding hydrogens is 1830 g/mol. The van der Waals surface area contributed by atoms with Gasteiger partial charge in [0.2, 0.25) is 21.2 Å². The fourth-order valence-electron chi connectivity index (χ4n) is 17.1. The van der Waals surface area contributed by atoms with Gasteiger partial charge in [0.15, 0.2) is 46.0 Å². The van der Waals surface area contributed by atoms with Gasteiger partial charge in [-0.3, -0.25) is 24.4 Å². The molecule has 4 aromatic carbocycles. The number of aryl methyl sites for hydroxylation is 2. The van der Waals surface area contributed by atoms with Gasteiger partial charge in [0.1, 0.15) is 94.6 Å². The predicted octanol–water partition coefficient (Wildman–Crippen LogP) is 11.5. The molecule has 0 aliphatic carbocycles. The van der Waals surface area contributed by atoms with Crippen LogP contribution >= 0.6 is 94.0 Å². The molecule has 6 bridgehead atoms. The molecule has 4 N–H and O–H groups in total. The third-order valence-electron chi connectivity index (χ3n) is 21.3. The topological polar surface area (TPSA) is 383 Å². The summed E-state index contributed by atoms with van der Waals surface area (Å²) in [6, 6.07) is -4.27. The van der Waals surface area contributed by atoms with Crippen LogP contribution in [0.3, 0.4) is 0 Å². The molecule has 4 amide bonds. The minimum Gasteiger partial charge on any atom is -0.507 e. The number of esters is 3. The number of carbonyl (C=O) groups is 7. The molecule has 32 nitrogen and oxygen atoms in total. The minimum absolute atomic E-state index is 0. The van der Waals surface area contributed by atoms with E-state index in [-0.39, 0.29) is 230 Å². The average Bonchev–Trinajstić information content (AvgIpc) is 1.40. The molecule has 121 heavy (non-hydrogen) atoms. The molecule has 0 saturated carbocycles. The van der Waals surface area contributed by atoms with Gasteiger partial charge in [-0.05, 0) is 62.8 Å².